The van der Waals surface area contributed by atoms with Crippen LogP contribution in [0.3, 0.4) is 0 Å². The smallest absolute Gasteiger partial charge is 0.0639 e. The highest BCUT2D eigenvalue weighted by molar-refractivity contribution is 5.10. The zero-order valence-electron chi connectivity index (χ0n) is 8.20. The number of rotatable bonds is 3. The molecule has 14 heavy (non-hydrogen) atoms. The van der Waals surface area contributed by atoms with Gasteiger partial charge in [0.15, 0.2) is 0 Å². The van der Waals surface area contributed by atoms with Crippen molar-refractivity contribution in [3.8, 4) is 0 Å². The summed E-state index contributed by atoms with van der Waals surface area (Å²) in [5.41, 5.74) is 4.05. The lowest BCUT2D eigenvalue weighted by Crippen LogP contribution is -2.36. The topological polar surface area (TPSA) is 63.1 Å². The Morgan fingerprint density at radius 3 is 2.86 bits per heavy atom. The third kappa shape index (κ3) is 1.97. The van der Waals surface area contributed by atoms with Crippen molar-refractivity contribution < 1.29 is 4.74 Å². The maximum Gasteiger partial charge on any atom is 0.0639 e. The minimum Gasteiger partial charge on any atom is -0.381 e. The van der Waals surface area contributed by atoms with Crippen molar-refractivity contribution in [1.29, 1.82) is 0 Å². The van der Waals surface area contributed by atoms with E-state index in [0.29, 0.717) is 5.92 Å². The molecule has 1 saturated heterocycles. The van der Waals surface area contributed by atoms with Crippen LogP contribution < -0.4 is 11.3 Å². The van der Waals surface area contributed by atoms with Crippen LogP contribution >= 0.6 is 0 Å². The van der Waals surface area contributed by atoms with Crippen molar-refractivity contribution in [2.24, 2.45) is 11.8 Å². The Morgan fingerprint density at radius 2 is 2.29 bits per heavy atom. The number of nitrogens with two attached hydrogens (primary N) is 1. The van der Waals surface area contributed by atoms with Crippen molar-refractivity contribution in [2.45, 2.75) is 18.9 Å². The van der Waals surface area contributed by atoms with E-state index in [0.717, 1.165) is 26.1 Å². The predicted octanol–water partition coefficient (Wildman–Crippen LogP) is 0.946. The normalized spacial score (nSPS) is 20.9. The fraction of sp³-hybridized carbons (Fsp3) is 0.600. The highest BCUT2D eigenvalue weighted by atomic mass is 16.5. The third-order valence-electron chi connectivity index (χ3n) is 2.87. The van der Waals surface area contributed by atoms with Gasteiger partial charge in [0, 0.05) is 25.1 Å². The van der Waals surface area contributed by atoms with Gasteiger partial charge < -0.3 is 9.72 Å². The van der Waals surface area contributed by atoms with Gasteiger partial charge in [0.25, 0.3) is 0 Å². The van der Waals surface area contributed by atoms with E-state index in [4.69, 9.17) is 10.6 Å². The van der Waals surface area contributed by atoms with Gasteiger partial charge in [0.05, 0.1) is 6.04 Å². The molecular formula is C10H17N3O. The largest absolute Gasteiger partial charge is 0.381 e. The molecule has 0 aliphatic carbocycles. The van der Waals surface area contributed by atoms with E-state index >= 15 is 0 Å². The molecule has 1 aromatic rings. The Labute approximate surface area is 83.8 Å². The molecule has 0 saturated carbocycles. The number of hydrogen-bond acceptors (Lipinski definition) is 3. The first-order valence-corrected chi connectivity index (χ1v) is 5.09. The summed E-state index contributed by atoms with van der Waals surface area (Å²) < 4.78 is 5.33. The molecule has 0 spiro atoms. The average Bonchev–Trinajstić information content (AvgIpc) is 2.74. The lowest BCUT2D eigenvalue weighted by molar-refractivity contribution is 0.0531. The highest BCUT2D eigenvalue weighted by Gasteiger charge is 2.24. The zero-order chi connectivity index (χ0) is 9.80. The van der Waals surface area contributed by atoms with Crippen LogP contribution in [-0.4, -0.2) is 18.2 Å². The second-order valence-corrected chi connectivity index (χ2v) is 3.72. The van der Waals surface area contributed by atoms with E-state index in [1.54, 1.807) is 0 Å². The summed E-state index contributed by atoms with van der Waals surface area (Å²) in [6.07, 6.45) is 4.08. The molecule has 1 aliphatic heterocycles. The number of nitrogens with one attached hydrogen (secondary N) is 2. The number of aromatic amines is 1. The van der Waals surface area contributed by atoms with Crippen LogP contribution in [0.5, 0.6) is 0 Å². The molecule has 4 nitrogen and oxygen atoms in total. The number of ether oxygens (including phenoxy) is 1. The second kappa shape index (κ2) is 4.59. The summed E-state index contributed by atoms with van der Waals surface area (Å²) in [7, 11) is 0. The Kier molecular flexibility index (Phi) is 3.18. The lowest BCUT2D eigenvalue weighted by atomic mass is 9.90. The number of hydrogen-bond donors (Lipinski definition) is 3. The summed E-state index contributed by atoms with van der Waals surface area (Å²) in [6, 6.07) is 4.30. The number of hydrazine groups is 1. The standard InChI is InChI=1S/C10H17N3O/c11-13-10(9-2-1-5-12-9)8-3-6-14-7-4-8/h1-2,5,8,10,12-13H,3-4,6-7,11H2. The monoisotopic (exact) mass is 195 g/mol. The zero-order valence-corrected chi connectivity index (χ0v) is 8.20. The SMILES string of the molecule is NNC(c1ccc[nH]1)C1CCOCC1. The van der Waals surface area contributed by atoms with Crippen molar-refractivity contribution >= 4 is 0 Å². The second-order valence-electron chi connectivity index (χ2n) is 3.72. The molecule has 0 aromatic carbocycles. The number of H-pyrrole nitrogens is 1. The molecule has 0 bridgehead atoms. The number of aromatic nitrogens is 1. The van der Waals surface area contributed by atoms with E-state index in [9.17, 15) is 0 Å². The molecule has 2 heterocycles. The van der Waals surface area contributed by atoms with Crippen molar-refractivity contribution in [2.75, 3.05) is 13.2 Å². The van der Waals surface area contributed by atoms with Crippen LogP contribution in [-0.2, 0) is 4.74 Å². The van der Waals surface area contributed by atoms with E-state index < -0.39 is 0 Å². The average molecular weight is 195 g/mol. The molecule has 2 rings (SSSR count). The van der Waals surface area contributed by atoms with Crippen LogP contribution in [0.1, 0.15) is 24.6 Å². The van der Waals surface area contributed by atoms with Crippen molar-refractivity contribution in [3.05, 3.63) is 24.0 Å². The van der Waals surface area contributed by atoms with Gasteiger partial charge in [-0.1, -0.05) is 0 Å². The first-order valence-electron chi connectivity index (χ1n) is 5.09. The maximum atomic E-state index is 5.58. The minimum absolute atomic E-state index is 0.230. The molecule has 1 aromatic heterocycles. The molecule has 4 N–H and O–H groups in total. The first kappa shape index (κ1) is 9.71. The van der Waals surface area contributed by atoms with Gasteiger partial charge >= 0.3 is 0 Å². The molecule has 4 heteroatoms. The fourth-order valence-electron chi connectivity index (χ4n) is 2.07. The van der Waals surface area contributed by atoms with Gasteiger partial charge in [-0.15, -0.1) is 0 Å². The van der Waals surface area contributed by atoms with Gasteiger partial charge in [-0.25, -0.2) is 0 Å². The Hall–Kier alpha value is -0.840. The predicted molar refractivity (Wildman–Crippen MR) is 54.4 cm³/mol. The van der Waals surface area contributed by atoms with E-state index in [1.807, 2.05) is 12.3 Å². The van der Waals surface area contributed by atoms with E-state index in [-0.39, 0.29) is 6.04 Å². The van der Waals surface area contributed by atoms with Crippen molar-refractivity contribution in [3.63, 3.8) is 0 Å². The highest BCUT2D eigenvalue weighted by Crippen LogP contribution is 2.28. The summed E-state index contributed by atoms with van der Waals surface area (Å²) in [5.74, 6) is 6.16. The Morgan fingerprint density at radius 1 is 1.50 bits per heavy atom. The summed E-state index contributed by atoms with van der Waals surface area (Å²) >= 11 is 0. The van der Waals surface area contributed by atoms with Gasteiger partial charge in [0.1, 0.15) is 0 Å². The molecule has 1 fully saturated rings. The quantitative estimate of drug-likeness (QED) is 0.497. The molecule has 78 valence electrons. The van der Waals surface area contributed by atoms with Crippen LogP contribution in [0.4, 0.5) is 0 Å². The van der Waals surface area contributed by atoms with Gasteiger partial charge in [-0.05, 0) is 30.9 Å². The lowest BCUT2D eigenvalue weighted by Gasteiger charge is -2.29. The Bertz CT molecular complexity index is 254. The summed E-state index contributed by atoms with van der Waals surface area (Å²) in [6.45, 7) is 1.70. The molecule has 1 aliphatic rings. The molecule has 0 amide bonds. The third-order valence-corrected chi connectivity index (χ3v) is 2.87. The molecule has 1 atom stereocenters. The van der Waals surface area contributed by atoms with Crippen LogP contribution in [0, 0.1) is 5.92 Å². The fourth-order valence-corrected chi connectivity index (χ4v) is 2.07. The van der Waals surface area contributed by atoms with Gasteiger partial charge in [-0.2, -0.15) is 0 Å². The van der Waals surface area contributed by atoms with Crippen molar-refractivity contribution in [1.82, 2.24) is 10.4 Å². The Balaban J connectivity index is 2.04. The molecule has 0 radical (unpaired) electrons. The van der Waals surface area contributed by atoms with E-state index in [1.165, 1.54) is 5.69 Å². The summed E-state index contributed by atoms with van der Waals surface area (Å²) in [4.78, 5) is 3.20. The van der Waals surface area contributed by atoms with Crippen LogP contribution in [0.15, 0.2) is 18.3 Å². The van der Waals surface area contributed by atoms with Crippen LogP contribution in [0.25, 0.3) is 0 Å². The first-order chi connectivity index (χ1) is 6.92. The minimum atomic E-state index is 0.230. The van der Waals surface area contributed by atoms with Crippen LogP contribution in [0.2, 0.25) is 0 Å². The van der Waals surface area contributed by atoms with Gasteiger partial charge in [0.2, 0.25) is 0 Å². The summed E-state index contributed by atoms with van der Waals surface area (Å²) in [5, 5.41) is 0. The maximum absolute atomic E-state index is 5.58. The van der Waals surface area contributed by atoms with E-state index in [2.05, 4.69) is 16.5 Å². The molecular weight excluding hydrogens is 178 g/mol. The molecule has 1 unspecified atom stereocenters. The van der Waals surface area contributed by atoms with Gasteiger partial charge in [-0.3, -0.25) is 11.3 Å².